The number of aliphatic hydroxyl groups is 3. The van der Waals surface area contributed by atoms with Crippen molar-refractivity contribution in [2.24, 2.45) is 5.41 Å². The van der Waals surface area contributed by atoms with Crippen molar-refractivity contribution in [1.29, 1.82) is 0 Å². The van der Waals surface area contributed by atoms with E-state index in [9.17, 15) is 19.2 Å². The van der Waals surface area contributed by atoms with E-state index in [1.54, 1.807) is 6.92 Å². The fourth-order valence-corrected chi connectivity index (χ4v) is 0.930. The first kappa shape index (κ1) is 44.7. The van der Waals surface area contributed by atoms with Crippen molar-refractivity contribution in [2.75, 3.05) is 47.1 Å². The summed E-state index contributed by atoms with van der Waals surface area (Å²) < 4.78 is 4.83. The van der Waals surface area contributed by atoms with Gasteiger partial charge in [-0.25, -0.2) is 19.2 Å². The van der Waals surface area contributed by atoms with Crippen LogP contribution >= 0.6 is 0 Å². The molecule has 0 unspecified atom stereocenters. The summed E-state index contributed by atoms with van der Waals surface area (Å²) in [7, 11) is 3.85. The Hall–Kier alpha value is -3.32. The minimum absolute atomic E-state index is 0.156. The van der Waals surface area contributed by atoms with Gasteiger partial charge in [0.1, 0.15) is 6.61 Å². The number of rotatable bonds is 11. The largest absolute Gasteiger partial charge is 0.478 e. The SMILES string of the molecule is C=C(C)C(=O)O.C=C(C)C(=O)O.C=C(C)C(=O)O.C=C(C)C(=O)OCCN(C)C.CCC(CO)(CO)CO. The number of carboxylic acid groups (broad SMARTS) is 3. The van der Waals surface area contributed by atoms with E-state index >= 15 is 0 Å². The van der Waals surface area contributed by atoms with Gasteiger partial charge in [0, 0.05) is 34.3 Å². The van der Waals surface area contributed by atoms with Crippen LogP contribution in [-0.2, 0) is 23.9 Å². The van der Waals surface area contributed by atoms with Crippen LogP contribution in [0.25, 0.3) is 0 Å². The van der Waals surface area contributed by atoms with E-state index in [0.29, 0.717) is 18.6 Å². The number of hydrogen-bond donors (Lipinski definition) is 6. The first-order valence-electron chi connectivity index (χ1n) is 11.2. The highest BCUT2D eigenvalue weighted by molar-refractivity contribution is 5.87. The lowest BCUT2D eigenvalue weighted by Crippen LogP contribution is -2.32. The Balaban J connectivity index is -0.000000123. The molecule has 0 saturated carbocycles. The lowest BCUT2D eigenvalue weighted by atomic mass is 9.88. The summed E-state index contributed by atoms with van der Waals surface area (Å²) in [4.78, 5) is 41.5. The fourth-order valence-electron chi connectivity index (χ4n) is 0.930. The molecule has 0 aromatic rings. The van der Waals surface area contributed by atoms with E-state index in [2.05, 4.69) is 26.3 Å². The molecule has 0 spiro atoms. The van der Waals surface area contributed by atoms with Gasteiger partial charge < -0.3 is 40.3 Å². The van der Waals surface area contributed by atoms with E-state index in [1.807, 2.05) is 25.9 Å². The molecule has 0 aliphatic heterocycles. The molecule has 0 radical (unpaired) electrons. The number of esters is 1. The summed E-state index contributed by atoms with van der Waals surface area (Å²) in [6.07, 6.45) is 0.594. The molecule has 12 heteroatoms. The zero-order valence-electron chi connectivity index (χ0n) is 23.7. The van der Waals surface area contributed by atoms with Crippen LogP contribution in [0.15, 0.2) is 48.6 Å². The Morgan fingerprint density at radius 1 is 0.684 bits per heavy atom. The zero-order chi connectivity index (χ0) is 31.6. The van der Waals surface area contributed by atoms with Crippen molar-refractivity contribution in [3.05, 3.63) is 48.6 Å². The van der Waals surface area contributed by atoms with Crippen LogP contribution in [0.4, 0.5) is 0 Å². The van der Waals surface area contributed by atoms with Crippen molar-refractivity contribution in [3.8, 4) is 0 Å². The van der Waals surface area contributed by atoms with Crippen molar-refractivity contribution in [1.82, 2.24) is 4.90 Å². The van der Waals surface area contributed by atoms with Gasteiger partial charge in [-0.1, -0.05) is 33.2 Å². The predicted octanol–water partition coefficient (Wildman–Crippen LogP) is 1.97. The third-order valence-corrected chi connectivity index (χ3v) is 3.97. The van der Waals surface area contributed by atoms with Gasteiger partial charge in [-0.3, -0.25) is 0 Å². The monoisotopic (exact) mass is 549 g/mol. The molecule has 0 atom stereocenters. The number of hydrogen-bond acceptors (Lipinski definition) is 9. The van der Waals surface area contributed by atoms with E-state index in [1.165, 1.54) is 20.8 Å². The molecule has 0 aliphatic rings. The smallest absolute Gasteiger partial charge is 0.333 e. The first-order chi connectivity index (χ1) is 17.2. The maximum Gasteiger partial charge on any atom is 0.333 e. The molecule has 0 aliphatic carbocycles. The standard InChI is InChI=1S/C8H15NO2.C6H14O3.3C4H6O2/c1-7(2)8(10)11-6-5-9(3)4;1-2-6(3-7,4-8)5-9;3*1-3(2)4(5)6/h1,5-6H2,2-4H3;7-9H,2-5H2,1H3;3*1H2,2H3,(H,5,6). The lowest BCUT2D eigenvalue weighted by molar-refractivity contribution is -0.139. The number of aliphatic hydroxyl groups excluding tert-OH is 3. The van der Waals surface area contributed by atoms with Crippen molar-refractivity contribution in [3.63, 3.8) is 0 Å². The average molecular weight is 550 g/mol. The summed E-state index contributed by atoms with van der Waals surface area (Å²) in [6.45, 7) is 21.4. The highest BCUT2D eigenvalue weighted by Crippen LogP contribution is 2.18. The maximum absolute atomic E-state index is 10.8. The second-order valence-electron chi connectivity index (χ2n) is 8.30. The van der Waals surface area contributed by atoms with Gasteiger partial charge in [0.2, 0.25) is 0 Å². The van der Waals surface area contributed by atoms with Gasteiger partial charge in [0.15, 0.2) is 0 Å². The molecule has 6 N–H and O–H groups in total. The Labute approximate surface area is 225 Å². The van der Waals surface area contributed by atoms with Crippen LogP contribution in [0.1, 0.15) is 41.0 Å². The molecule has 0 rings (SSSR count). The van der Waals surface area contributed by atoms with Gasteiger partial charge >= 0.3 is 23.9 Å². The quantitative estimate of drug-likeness (QED) is 0.162. The molecular formula is C26H47NO11. The number of carbonyl (C=O) groups excluding carboxylic acids is 1. The van der Waals surface area contributed by atoms with Crippen molar-refractivity contribution < 1.29 is 54.6 Å². The fraction of sp³-hybridized carbons (Fsp3) is 0.538. The topological polar surface area (TPSA) is 202 Å². The maximum atomic E-state index is 10.8. The highest BCUT2D eigenvalue weighted by Gasteiger charge is 2.24. The molecule has 12 nitrogen and oxygen atoms in total. The minimum Gasteiger partial charge on any atom is -0.478 e. The van der Waals surface area contributed by atoms with Crippen LogP contribution in [0.2, 0.25) is 0 Å². The summed E-state index contributed by atoms with van der Waals surface area (Å²) >= 11 is 0. The van der Waals surface area contributed by atoms with E-state index < -0.39 is 23.3 Å². The molecular weight excluding hydrogens is 502 g/mol. The second-order valence-corrected chi connectivity index (χ2v) is 8.30. The van der Waals surface area contributed by atoms with Crippen LogP contribution in [-0.4, -0.2) is 106 Å². The molecule has 0 bridgehead atoms. The van der Waals surface area contributed by atoms with Crippen LogP contribution in [0, 0.1) is 5.41 Å². The minimum atomic E-state index is -0.935. The zero-order valence-corrected chi connectivity index (χ0v) is 23.7. The number of ether oxygens (including phenoxy) is 1. The third-order valence-electron chi connectivity index (χ3n) is 3.97. The summed E-state index contributed by atoms with van der Waals surface area (Å²) in [5, 5.41) is 49.6. The molecule has 222 valence electrons. The summed E-state index contributed by atoms with van der Waals surface area (Å²) in [6, 6.07) is 0. The predicted molar refractivity (Wildman–Crippen MR) is 146 cm³/mol. The van der Waals surface area contributed by atoms with Crippen LogP contribution in [0.3, 0.4) is 0 Å². The van der Waals surface area contributed by atoms with Gasteiger partial charge in [0.05, 0.1) is 19.8 Å². The van der Waals surface area contributed by atoms with E-state index in [4.69, 9.17) is 35.4 Å². The van der Waals surface area contributed by atoms with E-state index in [0.717, 1.165) is 6.54 Å². The molecule has 0 amide bonds. The Bertz CT molecular complexity index is 657. The normalized spacial score (nSPS) is 9.24. The molecule has 0 fully saturated rings. The molecule has 0 heterocycles. The molecule has 0 aromatic heterocycles. The van der Waals surface area contributed by atoms with Gasteiger partial charge in [-0.05, 0) is 48.2 Å². The molecule has 0 aromatic carbocycles. The average Bonchev–Trinajstić information content (AvgIpc) is 2.82. The number of carboxylic acids is 3. The van der Waals surface area contributed by atoms with Gasteiger partial charge in [0.25, 0.3) is 0 Å². The number of likely N-dealkylation sites (N-methyl/N-ethyl adjacent to an activating group) is 1. The first-order valence-corrected chi connectivity index (χ1v) is 11.2. The molecule has 38 heavy (non-hydrogen) atoms. The Morgan fingerprint density at radius 3 is 1.05 bits per heavy atom. The summed E-state index contributed by atoms with van der Waals surface area (Å²) in [5.74, 6) is -3.12. The van der Waals surface area contributed by atoms with Crippen molar-refractivity contribution >= 4 is 23.9 Å². The lowest BCUT2D eigenvalue weighted by Gasteiger charge is -2.24. The Kier molecular flexibility index (Phi) is 31.4. The van der Waals surface area contributed by atoms with Crippen molar-refractivity contribution in [2.45, 2.75) is 41.0 Å². The second kappa shape index (κ2) is 26.7. The third kappa shape index (κ3) is 34.8. The summed E-state index contributed by atoms with van der Waals surface area (Å²) in [5.41, 5.74) is 0.309. The van der Waals surface area contributed by atoms with Crippen LogP contribution < -0.4 is 0 Å². The number of nitrogens with zero attached hydrogens (tertiary/aromatic N) is 1. The number of carbonyl (C=O) groups is 4. The van der Waals surface area contributed by atoms with Crippen LogP contribution in [0.5, 0.6) is 0 Å². The highest BCUT2D eigenvalue weighted by atomic mass is 16.5. The van der Waals surface area contributed by atoms with Gasteiger partial charge in [-0.2, -0.15) is 0 Å². The van der Waals surface area contributed by atoms with Gasteiger partial charge in [-0.15, -0.1) is 0 Å². The number of aliphatic carboxylic acids is 3. The molecule has 0 saturated heterocycles. The Morgan fingerprint density at radius 2 is 0.947 bits per heavy atom. The van der Waals surface area contributed by atoms with E-state index in [-0.39, 0.29) is 42.5 Å².